The molecule has 0 aromatic carbocycles. The van der Waals surface area contributed by atoms with E-state index in [1.165, 1.54) is 13.8 Å². The largest absolute Gasteiger partial charge is 0.382 e. The van der Waals surface area contributed by atoms with Gasteiger partial charge in [-0.15, -0.1) is 0 Å². The number of rotatable bonds is 5. The summed E-state index contributed by atoms with van der Waals surface area (Å²) in [7, 11) is 0. The number of Topliss-reactive ketones (excluding diaryl/α,β-unsaturated/α-hetero) is 2. The summed E-state index contributed by atoms with van der Waals surface area (Å²) in [5, 5.41) is 9.70. The SMILES string of the molecule is CC(=O)CC(=O)C(C)(O)CC(C)C. The molecule has 0 spiro atoms. The molecule has 0 bridgehead atoms. The summed E-state index contributed by atoms with van der Waals surface area (Å²) in [6, 6.07) is 0. The molecular formula is C10H18O3. The molecule has 0 aliphatic carbocycles. The summed E-state index contributed by atoms with van der Waals surface area (Å²) in [5.74, 6) is -0.339. The molecular weight excluding hydrogens is 168 g/mol. The fraction of sp³-hybridized carbons (Fsp3) is 0.800. The van der Waals surface area contributed by atoms with Gasteiger partial charge in [-0.3, -0.25) is 9.59 Å². The van der Waals surface area contributed by atoms with E-state index in [2.05, 4.69) is 0 Å². The average Bonchev–Trinajstić information content (AvgIpc) is 1.81. The fourth-order valence-electron chi connectivity index (χ4n) is 1.33. The molecule has 0 aromatic heterocycles. The molecule has 0 aromatic rings. The Morgan fingerprint density at radius 1 is 1.38 bits per heavy atom. The molecule has 1 atom stereocenters. The first-order valence-electron chi connectivity index (χ1n) is 4.51. The van der Waals surface area contributed by atoms with E-state index < -0.39 is 5.60 Å². The molecule has 3 nitrogen and oxygen atoms in total. The predicted molar refractivity (Wildman–Crippen MR) is 50.4 cm³/mol. The molecule has 1 N–H and O–H groups in total. The molecule has 0 saturated carbocycles. The quantitative estimate of drug-likeness (QED) is 0.659. The van der Waals surface area contributed by atoms with Gasteiger partial charge < -0.3 is 5.11 Å². The Morgan fingerprint density at radius 3 is 2.15 bits per heavy atom. The molecule has 0 aliphatic heterocycles. The van der Waals surface area contributed by atoms with Crippen LogP contribution in [-0.4, -0.2) is 22.3 Å². The van der Waals surface area contributed by atoms with Crippen LogP contribution in [0, 0.1) is 5.92 Å². The summed E-state index contributed by atoms with van der Waals surface area (Å²) in [4.78, 5) is 22.0. The van der Waals surface area contributed by atoms with Crippen LogP contribution in [0.2, 0.25) is 0 Å². The predicted octanol–water partition coefficient (Wildman–Crippen LogP) is 1.33. The number of carbonyl (C=O) groups excluding carboxylic acids is 2. The monoisotopic (exact) mass is 186 g/mol. The minimum absolute atomic E-state index is 0.167. The highest BCUT2D eigenvalue weighted by molar-refractivity contribution is 6.01. The van der Waals surface area contributed by atoms with E-state index in [0.717, 1.165) is 0 Å². The van der Waals surface area contributed by atoms with Gasteiger partial charge in [-0.25, -0.2) is 0 Å². The van der Waals surface area contributed by atoms with E-state index in [0.29, 0.717) is 6.42 Å². The molecule has 13 heavy (non-hydrogen) atoms. The lowest BCUT2D eigenvalue weighted by molar-refractivity contribution is -0.140. The van der Waals surface area contributed by atoms with Gasteiger partial charge in [0, 0.05) is 0 Å². The first-order valence-corrected chi connectivity index (χ1v) is 4.51. The van der Waals surface area contributed by atoms with Crippen LogP contribution in [0.5, 0.6) is 0 Å². The second-order valence-corrected chi connectivity index (χ2v) is 4.17. The van der Waals surface area contributed by atoms with Gasteiger partial charge in [0.2, 0.25) is 0 Å². The summed E-state index contributed by atoms with van der Waals surface area (Å²) in [6.45, 7) is 6.67. The van der Waals surface area contributed by atoms with Crippen LogP contribution in [0.25, 0.3) is 0 Å². The normalized spacial score (nSPS) is 15.5. The number of hydrogen-bond donors (Lipinski definition) is 1. The summed E-state index contributed by atoms with van der Waals surface area (Å²) < 4.78 is 0. The van der Waals surface area contributed by atoms with Crippen molar-refractivity contribution in [3.05, 3.63) is 0 Å². The van der Waals surface area contributed by atoms with Gasteiger partial charge in [0.15, 0.2) is 5.78 Å². The topological polar surface area (TPSA) is 54.4 Å². The molecule has 0 fully saturated rings. The van der Waals surface area contributed by atoms with Gasteiger partial charge in [-0.2, -0.15) is 0 Å². The van der Waals surface area contributed by atoms with Crippen LogP contribution < -0.4 is 0 Å². The van der Waals surface area contributed by atoms with Crippen molar-refractivity contribution in [1.82, 2.24) is 0 Å². The number of aliphatic hydroxyl groups is 1. The lowest BCUT2D eigenvalue weighted by atomic mass is 9.88. The Balaban J connectivity index is 4.27. The van der Waals surface area contributed by atoms with Crippen LogP contribution in [0.4, 0.5) is 0 Å². The van der Waals surface area contributed by atoms with Gasteiger partial charge in [0.05, 0.1) is 6.42 Å². The number of ketones is 2. The van der Waals surface area contributed by atoms with E-state index in [1.54, 1.807) is 0 Å². The molecule has 0 aliphatic rings. The highest BCUT2D eigenvalue weighted by atomic mass is 16.3. The van der Waals surface area contributed by atoms with Crippen molar-refractivity contribution in [3.8, 4) is 0 Å². The third-order valence-electron chi connectivity index (χ3n) is 1.82. The van der Waals surface area contributed by atoms with Crippen LogP contribution >= 0.6 is 0 Å². The Labute approximate surface area is 79.1 Å². The van der Waals surface area contributed by atoms with Crippen molar-refractivity contribution in [3.63, 3.8) is 0 Å². The van der Waals surface area contributed by atoms with Gasteiger partial charge >= 0.3 is 0 Å². The first-order chi connectivity index (χ1) is 5.75. The van der Waals surface area contributed by atoms with E-state index in [1.807, 2.05) is 13.8 Å². The van der Waals surface area contributed by atoms with E-state index in [9.17, 15) is 14.7 Å². The van der Waals surface area contributed by atoms with Crippen LogP contribution in [0.15, 0.2) is 0 Å². The molecule has 0 rings (SSSR count). The Kier molecular flexibility index (Phi) is 4.27. The second-order valence-electron chi connectivity index (χ2n) is 4.17. The highest BCUT2D eigenvalue weighted by Crippen LogP contribution is 2.18. The zero-order chi connectivity index (χ0) is 10.6. The number of hydrogen-bond acceptors (Lipinski definition) is 3. The molecule has 1 unspecified atom stereocenters. The van der Waals surface area contributed by atoms with Gasteiger partial charge in [-0.05, 0) is 26.2 Å². The Hall–Kier alpha value is -0.700. The third-order valence-corrected chi connectivity index (χ3v) is 1.82. The zero-order valence-corrected chi connectivity index (χ0v) is 8.76. The maximum atomic E-state index is 11.3. The van der Waals surface area contributed by atoms with Crippen molar-refractivity contribution < 1.29 is 14.7 Å². The summed E-state index contributed by atoms with van der Waals surface area (Å²) in [5.41, 5.74) is -1.35. The Morgan fingerprint density at radius 2 is 1.85 bits per heavy atom. The standard InChI is InChI=1S/C10H18O3/c1-7(2)6-10(4,13)9(12)5-8(3)11/h7,13H,5-6H2,1-4H3. The van der Waals surface area contributed by atoms with Crippen molar-refractivity contribution in [2.24, 2.45) is 5.92 Å². The van der Waals surface area contributed by atoms with Gasteiger partial charge in [0.1, 0.15) is 11.4 Å². The first kappa shape index (κ1) is 12.3. The van der Waals surface area contributed by atoms with E-state index >= 15 is 0 Å². The average molecular weight is 186 g/mol. The number of carbonyl (C=O) groups is 2. The van der Waals surface area contributed by atoms with Crippen LogP contribution in [0.3, 0.4) is 0 Å². The maximum absolute atomic E-state index is 11.3. The molecule has 3 heteroatoms. The fourth-order valence-corrected chi connectivity index (χ4v) is 1.33. The van der Waals surface area contributed by atoms with Crippen molar-refractivity contribution in [1.29, 1.82) is 0 Å². The maximum Gasteiger partial charge on any atom is 0.171 e. The van der Waals surface area contributed by atoms with Gasteiger partial charge in [-0.1, -0.05) is 13.8 Å². The molecule has 76 valence electrons. The second kappa shape index (κ2) is 4.51. The third kappa shape index (κ3) is 4.78. The minimum Gasteiger partial charge on any atom is -0.382 e. The minimum atomic E-state index is -1.35. The highest BCUT2D eigenvalue weighted by Gasteiger charge is 2.30. The van der Waals surface area contributed by atoms with Crippen LogP contribution in [0.1, 0.15) is 40.5 Å². The van der Waals surface area contributed by atoms with Gasteiger partial charge in [0.25, 0.3) is 0 Å². The molecule has 0 amide bonds. The molecule has 0 saturated heterocycles. The Bertz CT molecular complexity index is 204. The smallest absolute Gasteiger partial charge is 0.171 e. The van der Waals surface area contributed by atoms with Crippen molar-refractivity contribution >= 4 is 11.6 Å². The van der Waals surface area contributed by atoms with Crippen molar-refractivity contribution in [2.75, 3.05) is 0 Å². The van der Waals surface area contributed by atoms with Crippen LogP contribution in [-0.2, 0) is 9.59 Å². The molecule has 0 heterocycles. The summed E-state index contributed by atoms with van der Waals surface area (Å²) >= 11 is 0. The zero-order valence-electron chi connectivity index (χ0n) is 8.76. The van der Waals surface area contributed by atoms with E-state index in [4.69, 9.17) is 0 Å². The lowest BCUT2D eigenvalue weighted by Crippen LogP contribution is -2.37. The van der Waals surface area contributed by atoms with Crippen molar-refractivity contribution in [2.45, 2.75) is 46.1 Å². The van der Waals surface area contributed by atoms with E-state index in [-0.39, 0.29) is 23.9 Å². The summed E-state index contributed by atoms with van der Waals surface area (Å²) in [6.07, 6.45) is 0.235. The lowest BCUT2D eigenvalue weighted by Gasteiger charge is -2.23. The molecule has 0 radical (unpaired) electrons.